The van der Waals surface area contributed by atoms with E-state index in [1.54, 1.807) is 10.7 Å². The third kappa shape index (κ3) is 1.71. The highest BCUT2D eigenvalue weighted by Crippen LogP contribution is 2.32. The van der Waals surface area contributed by atoms with Crippen molar-refractivity contribution in [3.63, 3.8) is 0 Å². The molecule has 90 valence electrons. The second kappa shape index (κ2) is 4.17. The molecule has 3 rings (SSSR count). The maximum Gasteiger partial charge on any atom is 0.135 e. The maximum absolute atomic E-state index is 13.7. The predicted molar refractivity (Wildman–Crippen MR) is 68.2 cm³/mol. The van der Waals surface area contributed by atoms with Crippen molar-refractivity contribution in [2.75, 3.05) is 0 Å². The maximum atomic E-state index is 13.7. The standard InChI is InChI=1S/C13H7BrF2N2/c14-12-11-3-1-2-6-18(11)17-13(12)9-5-4-8(15)7-10(9)16/h1-7H. The van der Waals surface area contributed by atoms with E-state index in [0.717, 1.165) is 11.6 Å². The lowest BCUT2D eigenvalue weighted by Crippen LogP contribution is -1.89. The number of hydrogen-bond donors (Lipinski definition) is 0. The average Bonchev–Trinajstić information content (AvgIpc) is 2.68. The molecule has 0 unspecified atom stereocenters. The van der Waals surface area contributed by atoms with E-state index in [-0.39, 0.29) is 5.56 Å². The summed E-state index contributed by atoms with van der Waals surface area (Å²) in [7, 11) is 0. The Morgan fingerprint density at radius 2 is 1.94 bits per heavy atom. The number of halogens is 3. The number of hydrogen-bond acceptors (Lipinski definition) is 1. The quantitative estimate of drug-likeness (QED) is 0.663. The highest BCUT2D eigenvalue weighted by molar-refractivity contribution is 9.10. The Balaban J connectivity index is 2.28. The van der Waals surface area contributed by atoms with Crippen LogP contribution in [0.2, 0.25) is 0 Å². The van der Waals surface area contributed by atoms with Crippen molar-refractivity contribution in [1.82, 2.24) is 9.61 Å². The summed E-state index contributed by atoms with van der Waals surface area (Å²) in [6.07, 6.45) is 1.77. The van der Waals surface area contributed by atoms with Crippen LogP contribution in [0.25, 0.3) is 16.8 Å². The zero-order valence-electron chi connectivity index (χ0n) is 9.07. The van der Waals surface area contributed by atoms with Crippen LogP contribution in [0.1, 0.15) is 0 Å². The fourth-order valence-corrected chi connectivity index (χ4v) is 2.43. The summed E-state index contributed by atoms with van der Waals surface area (Å²) in [5.74, 6) is -1.23. The van der Waals surface area contributed by atoms with Gasteiger partial charge in [0.2, 0.25) is 0 Å². The number of benzene rings is 1. The van der Waals surface area contributed by atoms with Gasteiger partial charge >= 0.3 is 0 Å². The normalized spacial score (nSPS) is 11.1. The number of nitrogens with zero attached hydrogens (tertiary/aromatic N) is 2. The Kier molecular flexibility index (Phi) is 2.63. The summed E-state index contributed by atoms with van der Waals surface area (Å²) >= 11 is 3.40. The van der Waals surface area contributed by atoms with Gasteiger partial charge in [0, 0.05) is 17.8 Å². The van der Waals surface area contributed by atoms with Crippen molar-refractivity contribution in [2.24, 2.45) is 0 Å². The molecule has 0 N–H and O–H groups in total. The summed E-state index contributed by atoms with van der Waals surface area (Å²) in [5, 5.41) is 4.28. The van der Waals surface area contributed by atoms with Crippen molar-refractivity contribution in [3.8, 4) is 11.3 Å². The van der Waals surface area contributed by atoms with Crippen LogP contribution in [-0.4, -0.2) is 9.61 Å². The molecule has 2 nitrogen and oxygen atoms in total. The molecule has 0 radical (unpaired) electrons. The molecular weight excluding hydrogens is 302 g/mol. The number of rotatable bonds is 1. The smallest absolute Gasteiger partial charge is 0.135 e. The molecule has 0 aliphatic carbocycles. The number of aromatic nitrogens is 2. The molecule has 3 aromatic rings. The molecule has 0 aliphatic rings. The Morgan fingerprint density at radius 1 is 1.11 bits per heavy atom. The lowest BCUT2D eigenvalue weighted by Gasteiger charge is -1.99. The first-order valence-corrected chi connectivity index (χ1v) is 6.04. The summed E-state index contributed by atoms with van der Waals surface area (Å²) in [4.78, 5) is 0. The van der Waals surface area contributed by atoms with Crippen molar-refractivity contribution in [3.05, 3.63) is 58.7 Å². The van der Waals surface area contributed by atoms with E-state index in [9.17, 15) is 8.78 Å². The fourth-order valence-electron chi connectivity index (χ4n) is 1.82. The highest BCUT2D eigenvalue weighted by atomic mass is 79.9. The summed E-state index contributed by atoms with van der Waals surface area (Å²) in [5.41, 5.74) is 1.56. The summed E-state index contributed by atoms with van der Waals surface area (Å²) in [6.45, 7) is 0. The molecule has 5 heteroatoms. The lowest BCUT2D eigenvalue weighted by molar-refractivity contribution is 0.585. The van der Waals surface area contributed by atoms with E-state index in [2.05, 4.69) is 21.0 Å². The van der Waals surface area contributed by atoms with Gasteiger partial charge in [-0.2, -0.15) is 5.10 Å². The Labute approximate surface area is 110 Å². The largest absolute Gasteiger partial charge is 0.239 e. The van der Waals surface area contributed by atoms with Crippen molar-refractivity contribution < 1.29 is 8.78 Å². The van der Waals surface area contributed by atoms with Gasteiger partial charge in [-0.25, -0.2) is 13.3 Å². The monoisotopic (exact) mass is 308 g/mol. The zero-order valence-corrected chi connectivity index (χ0v) is 10.7. The lowest BCUT2D eigenvalue weighted by atomic mass is 10.1. The van der Waals surface area contributed by atoms with E-state index >= 15 is 0 Å². The zero-order chi connectivity index (χ0) is 12.7. The molecule has 0 spiro atoms. The minimum Gasteiger partial charge on any atom is -0.239 e. The van der Waals surface area contributed by atoms with Crippen LogP contribution in [0.5, 0.6) is 0 Å². The average molecular weight is 309 g/mol. The van der Waals surface area contributed by atoms with Crippen LogP contribution in [0, 0.1) is 11.6 Å². The highest BCUT2D eigenvalue weighted by Gasteiger charge is 2.15. The minimum atomic E-state index is -0.626. The SMILES string of the molecule is Fc1ccc(-c2nn3ccccc3c2Br)c(F)c1. The van der Waals surface area contributed by atoms with Gasteiger partial charge in [0.15, 0.2) is 0 Å². The van der Waals surface area contributed by atoms with Gasteiger partial charge in [0.1, 0.15) is 17.3 Å². The first-order valence-electron chi connectivity index (χ1n) is 5.25. The van der Waals surface area contributed by atoms with Crippen LogP contribution in [-0.2, 0) is 0 Å². The first kappa shape index (κ1) is 11.3. The Bertz CT molecular complexity index is 737. The number of pyridine rings is 1. The van der Waals surface area contributed by atoms with Gasteiger partial charge in [-0.1, -0.05) is 6.07 Å². The molecule has 0 saturated carbocycles. The van der Waals surface area contributed by atoms with E-state index in [1.165, 1.54) is 12.1 Å². The second-order valence-electron chi connectivity index (χ2n) is 3.82. The predicted octanol–water partition coefficient (Wildman–Crippen LogP) is 4.04. The Hall–Kier alpha value is -1.75. The fraction of sp³-hybridized carbons (Fsp3) is 0. The van der Waals surface area contributed by atoms with Gasteiger partial charge in [-0.15, -0.1) is 0 Å². The van der Waals surface area contributed by atoms with Gasteiger partial charge in [-0.05, 0) is 40.2 Å². The van der Waals surface area contributed by atoms with E-state index in [0.29, 0.717) is 10.2 Å². The van der Waals surface area contributed by atoms with Gasteiger partial charge < -0.3 is 0 Å². The third-order valence-electron chi connectivity index (χ3n) is 2.67. The summed E-state index contributed by atoms with van der Waals surface area (Å²) in [6, 6.07) is 9.02. The van der Waals surface area contributed by atoms with E-state index in [1.807, 2.05) is 18.2 Å². The molecule has 0 fully saturated rings. The second-order valence-corrected chi connectivity index (χ2v) is 4.61. The molecule has 0 aliphatic heterocycles. The minimum absolute atomic E-state index is 0.270. The van der Waals surface area contributed by atoms with Crippen LogP contribution in [0.15, 0.2) is 47.1 Å². The molecule has 18 heavy (non-hydrogen) atoms. The van der Waals surface area contributed by atoms with Crippen LogP contribution < -0.4 is 0 Å². The first-order chi connectivity index (χ1) is 8.66. The van der Waals surface area contributed by atoms with Gasteiger partial charge in [-0.3, -0.25) is 0 Å². The van der Waals surface area contributed by atoms with Crippen LogP contribution >= 0.6 is 15.9 Å². The van der Waals surface area contributed by atoms with Gasteiger partial charge in [0.05, 0.1) is 9.99 Å². The van der Waals surface area contributed by atoms with E-state index < -0.39 is 11.6 Å². The molecule has 0 amide bonds. The third-order valence-corrected chi connectivity index (χ3v) is 3.45. The Morgan fingerprint density at radius 3 is 2.67 bits per heavy atom. The molecule has 1 aromatic carbocycles. The van der Waals surface area contributed by atoms with Crippen LogP contribution in [0.4, 0.5) is 8.78 Å². The topological polar surface area (TPSA) is 17.3 Å². The van der Waals surface area contributed by atoms with Crippen molar-refractivity contribution >= 4 is 21.4 Å². The molecule has 0 bridgehead atoms. The molecule has 2 heterocycles. The molecule has 0 atom stereocenters. The van der Waals surface area contributed by atoms with Crippen molar-refractivity contribution in [1.29, 1.82) is 0 Å². The summed E-state index contributed by atoms with van der Waals surface area (Å²) < 4.78 is 29.0. The van der Waals surface area contributed by atoms with Crippen molar-refractivity contribution in [2.45, 2.75) is 0 Å². The number of fused-ring (bicyclic) bond motifs is 1. The molecular formula is C13H7BrF2N2. The molecule has 0 saturated heterocycles. The van der Waals surface area contributed by atoms with E-state index in [4.69, 9.17) is 0 Å². The van der Waals surface area contributed by atoms with Gasteiger partial charge in [0.25, 0.3) is 0 Å². The molecule has 2 aromatic heterocycles. The van der Waals surface area contributed by atoms with Crippen LogP contribution in [0.3, 0.4) is 0 Å².